The molecule has 0 N–H and O–H groups in total. The molecular formula is C31H64. The van der Waals surface area contributed by atoms with Crippen LogP contribution in [0.15, 0.2) is 0 Å². The molecule has 0 heteroatoms. The molecular weight excluding hydrogens is 372 g/mol. The molecule has 0 nitrogen and oxygen atoms in total. The summed E-state index contributed by atoms with van der Waals surface area (Å²) in [6.45, 7) is 24.4. The first-order chi connectivity index (χ1) is 14.5. The zero-order valence-corrected chi connectivity index (χ0v) is 23.8. The van der Waals surface area contributed by atoms with Crippen LogP contribution < -0.4 is 0 Å². The zero-order chi connectivity index (χ0) is 23.8. The van der Waals surface area contributed by atoms with Crippen LogP contribution >= 0.6 is 0 Å². The van der Waals surface area contributed by atoms with E-state index in [-0.39, 0.29) is 0 Å². The number of rotatable bonds is 20. The van der Waals surface area contributed by atoms with Crippen molar-refractivity contribution in [2.24, 2.45) is 47.3 Å². The quantitative estimate of drug-likeness (QED) is 0.166. The lowest BCUT2D eigenvalue weighted by atomic mass is 9.82. The van der Waals surface area contributed by atoms with Crippen LogP contribution in [0.4, 0.5) is 0 Å². The summed E-state index contributed by atoms with van der Waals surface area (Å²) in [5.41, 5.74) is 0. The average Bonchev–Trinajstić information content (AvgIpc) is 2.62. The van der Waals surface area contributed by atoms with Crippen molar-refractivity contribution in [1.82, 2.24) is 0 Å². The Balaban J connectivity index is 3.79. The second kappa shape index (κ2) is 18.4. The van der Waals surface area contributed by atoms with Gasteiger partial charge in [0.2, 0.25) is 0 Å². The lowest BCUT2D eigenvalue weighted by Crippen LogP contribution is -2.12. The van der Waals surface area contributed by atoms with Gasteiger partial charge in [0.05, 0.1) is 0 Å². The first-order valence-electron chi connectivity index (χ1n) is 14.5. The SMILES string of the molecule is CCC(C)CC(C)CC(C)CC(C)CC(C)CCCCCCC(C)CC(C)CC(C)C. The van der Waals surface area contributed by atoms with Crippen LogP contribution in [0.3, 0.4) is 0 Å². The second-order valence-corrected chi connectivity index (χ2v) is 12.9. The van der Waals surface area contributed by atoms with Crippen molar-refractivity contribution >= 4 is 0 Å². The molecule has 0 aliphatic heterocycles. The topological polar surface area (TPSA) is 0 Å². The van der Waals surface area contributed by atoms with Gasteiger partial charge < -0.3 is 0 Å². The van der Waals surface area contributed by atoms with E-state index < -0.39 is 0 Å². The molecule has 0 amide bonds. The highest BCUT2D eigenvalue weighted by atomic mass is 14.2. The molecule has 0 fully saturated rings. The molecule has 0 radical (unpaired) electrons. The van der Waals surface area contributed by atoms with Gasteiger partial charge in [0, 0.05) is 0 Å². The summed E-state index contributed by atoms with van der Waals surface area (Å²) in [7, 11) is 0. The van der Waals surface area contributed by atoms with E-state index in [9.17, 15) is 0 Å². The summed E-state index contributed by atoms with van der Waals surface area (Å²) >= 11 is 0. The fourth-order valence-electron chi connectivity index (χ4n) is 6.37. The molecule has 0 saturated heterocycles. The van der Waals surface area contributed by atoms with Crippen molar-refractivity contribution in [1.29, 1.82) is 0 Å². The summed E-state index contributed by atoms with van der Waals surface area (Å²) in [5, 5.41) is 0. The van der Waals surface area contributed by atoms with Crippen LogP contribution in [0, 0.1) is 47.3 Å². The van der Waals surface area contributed by atoms with Crippen LogP contribution in [0.2, 0.25) is 0 Å². The van der Waals surface area contributed by atoms with E-state index in [1.165, 1.54) is 83.5 Å². The fraction of sp³-hybridized carbons (Fsp3) is 1.00. The van der Waals surface area contributed by atoms with Gasteiger partial charge in [-0.25, -0.2) is 0 Å². The van der Waals surface area contributed by atoms with Gasteiger partial charge in [-0.15, -0.1) is 0 Å². The maximum Gasteiger partial charge on any atom is -0.0438 e. The van der Waals surface area contributed by atoms with Gasteiger partial charge in [-0.1, -0.05) is 114 Å². The van der Waals surface area contributed by atoms with E-state index in [4.69, 9.17) is 0 Å². The van der Waals surface area contributed by atoms with E-state index in [2.05, 4.69) is 69.2 Å². The first kappa shape index (κ1) is 31.0. The standard InChI is InChI=1S/C31H64/c1-11-25(4)19-29(8)22-31(10)23-30(9)21-27(6)17-15-13-12-14-16-26(5)20-28(7)18-24(2)3/h24-31H,11-23H2,1-10H3. The van der Waals surface area contributed by atoms with Crippen molar-refractivity contribution in [2.75, 3.05) is 0 Å². The molecule has 0 aromatic carbocycles. The Morgan fingerprint density at radius 1 is 0.355 bits per heavy atom. The predicted molar refractivity (Wildman–Crippen MR) is 145 cm³/mol. The molecule has 0 aliphatic rings. The van der Waals surface area contributed by atoms with Crippen molar-refractivity contribution < 1.29 is 0 Å². The molecule has 0 aliphatic carbocycles. The Hall–Kier alpha value is 0. The number of hydrogen-bond donors (Lipinski definition) is 0. The van der Waals surface area contributed by atoms with Gasteiger partial charge in [0.15, 0.2) is 0 Å². The van der Waals surface area contributed by atoms with Crippen LogP contribution in [0.1, 0.15) is 153 Å². The van der Waals surface area contributed by atoms with Crippen molar-refractivity contribution in [3.63, 3.8) is 0 Å². The largest absolute Gasteiger partial charge is 0.0651 e. The highest BCUT2D eigenvalue weighted by Gasteiger charge is 2.16. The minimum atomic E-state index is 0.855. The monoisotopic (exact) mass is 437 g/mol. The lowest BCUT2D eigenvalue weighted by Gasteiger charge is -2.24. The van der Waals surface area contributed by atoms with E-state index in [1.807, 2.05) is 0 Å². The molecule has 7 unspecified atom stereocenters. The van der Waals surface area contributed by atoms with Crippen LogP contribution in [-0.4, -0.2) is 0 Å². The maximum absolute atomic E-state index is 2.51. The fourth-order valence-corrected chi connectivity index (χ4v) is 6.37. The van der Waals surface area contributed by atoms with Gasteiger partial charge in [-0.3, -0.25) is 0 Å². The molecule has 0 aromatic rings. The lowest BCUT2D eigenvalue weighted by molar-refractivity contribution is 0.279. The minimum Gasteiger partial charge on any atom is -0.0651 e. The van der Waals surface area contributed by atoms with Gasteiger partial charge in [-0.2, -0.15) is 0 Å². The molecule has 7 atom stereocenters. The molecule has 0 bridgehead atoms. The van der Waals surface area contributed by atoms with Crippen molar-refractivity contribution in [3.05, 3.63) is 0 Å². The van der Waals surface area contributed by atoms with Gasteiger partial charge in [-0.05, 0) is 85.9 Å². The maximum atomic E-state index is 2.51. The van der Waals surface area contributed by atoms with Gasteiger partial charge >= 0.3 is 0 Å². The van der Waals surface area contributed by atoms with Gasteiger partial charge in [0.25, 0.3) is 0 Å². The first-order valence-corrected chi connectivity index (χ1v) is 14.5. The Bertz CT molecular complexity index is 383. The predicted octanol–water partition coefficient (Wildman–Crippen LogP) is 11.2. The molecule has 31 heavy (non-hydrogen) atoms. The van der Waals surface area contributed by atoms with Crippen molar-refractivity contribution in [2.45, 2.75) is 153 Å². The third-order valence-electron chi connectivity index (χ3n) is 7.74. The Labute approximate surface area is 200 Å². The van der Waals surface area contributed by atoms with E-state index in [0.717, 1.165) is 47.3 Å². The van der Waals surface area contributed by atoms with Gasteiger partial charge in [0.1, 0.15) is 0 Å². The van der Waals surface area contributed by atoms with Crippen LogP contribution in [-0.2, 0) is 0 Å². The summed E-state index contributed by atoms with van der Waals surface area (Å²) in [4.78, 5) is 0. The summed E-state index contributed by atoms with van der Waals surface area (Å²) in [6, 6.07) is 0. The highest BCUT2D eigenvalue weighted by molar-refractivity contribution is 4.68. The third-order valence-corrected chi connectivity index (χ3v) is 7.74. The second-order valence-electron chi connectivity index (χ2n) is 12.9. The molecule has 0 rings (SSSR count). The molecule has 0 aromatic heterocycles. The van der Waals surface area contributed by atoms with Crippen molar-refractivity contribution in [3.8, 4) is 0 Å². The average molecular weight is 437 g/mol. The van der Waals surface area contributed by atoms with E-state index in [1.54, 1.807) is 0 Å². The molecule has 0 saturated carbocycles. The minimum absolute atomic E-state index is 0.855. The Morgan fingerprint density at radius 3 is 1.03 bits per heavy atom. The third kappa shape index (κ3) is 19.2. The van der Waals surface area contributed by atoms with E-state index >= 15 is 0 Å². The zero-order valence-electron chi connectivity index (χ0n) is 23.8. The smallest absolute Gasteiger partial charge is 0.0438 e. The Morgan fingerprint density at radius 2 is 0.677 bits per heavy atom. The summed E-state index contributed by atoms with van der Waals surface area (Å²) in [5.74, 6) is 7.18. The molecule has 188 valence electrons. The summed E-state index contributed by atoms with van der Waals surface area (Å²) in [6.07, 6.45) is 18.6. The summed E-state index contributed by atoms with van der Waals surface area (Å²) < 4.78 is 0. The normalized spacial score (nSPS) is 19.1. The van der Waals surface area contributed by atoms with Crippen LogP contribution in [0.25, 0.3) is 0 Å². The number of hydrogen-bond acceptors (Lipinski definition) is 0. The molecule has 0 spiro atoms. The number of unbranched alkanes of at least 4 members (excludes halogenated alkanes) is 3. The van der Waals surface area contributed by atoms with Crippen LogP contribution in [0.5, 0.6) is 0 Å². The van der Waals surface area contributed by atoms with E-state index in [0.29, 0.717) is 0 Å². The highest BCUT2D eigenvalue weighted by Crippen LogP contribution is 2.29. The molecule has 0 heterocycles. The Kier molecular flexibility index (Phi) is 18.4.